The molecule has 0 atom stereocenters. The highest BCUT2D eigenvalue weighted by Crippen LogP contribution is 2.26. The Labute approximate surface area is 153 Å². The number of rotatable bonds is 7. The summed E-state index contributed by atoms with van der Waals surface area (Å²) < 4.78 is 6.78. The van der Waals surface area contributed by atoms with Crippen molar-refractivity contribution in [2.75, 3.05) is 26.2 Å². The predicted octanol–water partition coefficient (Wildman–Crippen LogP) is 3.96. The molecule has 1 fully saturated rings. The lowest BCUT2D eigenvalue weighted by Gasteiger charge is -2.37. The van der Waals surface area contributed by atoms with Crippen LogP contribution in [0, 0.1) is 17.2 Å². The summed E-state index contributed by atoms with van der Waals surface area (Å²) in [6.07, 6.45) is 3.74. The van der Waals surface area contributed by atoms with Crippen LogP contribution in [0.25, 0.3) is 0 Å². The van der Waals surface area contributed by atoms with E-state index < -0.39 is 5.60 Å². The van der Waals surface area contributed by atoms with Gasteiger partial charge in [-0.1, -0.05) is 29.8 Å². The lowest BCUT2D eigenvalue weighted by molar-refractivity contribution is -0.0133. The lowest BCUT2D eigenvalue weighted by Crippen LogP contribution is -2.46. The standard InChI is InChI=1S/C19H27BrN2O2/c1-3-19(23,4-2)14-22-9-7-15(8-10-22)13-24-18-6-5-17(20)11-16(18)12-21/h5-6,11,15,23H,3-4,7-10,13-14H2,1-2H3. The third kappa shape index (κ3) is 5.20. The summed E-state index contributed by atoms with van der Waals surface area (Å²) in [4.78, 5) is 2.36. The highest BCUT2D eigenvalue weighted by Gasteiger charge is 2.28. The molecule has 2 rings (SSSR count). The van der Waals surface area contributed by atoms with Gasteiger partial charge in [-0.15, -0.1) is 0 Å². The third-order valence-corrected chi connectivity index (χ3v) is 5.57. The molecular formula is C19H27BrN2O2. The van der Waals surface area contributed by atoms with Crippen LogP contribution < -0.4 is 4.74 Å². The zero-order valence-electron chi connectivity index (χ0n) is 14.6. The first kappa shape index (κ1) is 19.2. The quantitative estimate of drug-likeness (QED) is 0.759. The largest absolute Gasteiger partial charge is 0.492 e. The average molecular weight is 395 g/mol. The molecule has 0 aromatic heterocycles. The van der Waals surface area contributed by atoms with Crippen molar-refractivity contribution in [3.05, 3.63) is 28.2 Å². The van der Waals surface area contributed by atoms with Crippen LogP contribution in [-0.2, 0) is 0 Å². The zero-order valence-corrected chi connectivity index (χ0v) is 16.2. The SMILES string of the molecule is CCC(O)(CC)CN1CCC(COc2ccc(Br)cc2C#N)CC1. The van der Waals surface area contributed by atoms with Crippen LogP contribution in [0.1, 0.15) is 45.1 Å². The van der Waals surface area contributed by atoms with Gasteiger partial charge in [-0.05, 0) is 62.9 Å². The second kappa shape index (κ2) is 8.84. The number of hydrogen-bond donors (Lipinski definition) is 1. The Balaban J connectivity index is 1.81. The molecule has 24 heavy (non-hydrogen) atoms. The van der Waals surface area contributed by atoms with Crippen molar-refractivity contribution in [1.29, 1.82) is 5.26 Å². The molecule has 4 nitrogen and oxygen atoms in total. The number of ether oxygens (including phenoxy) is 1. The first-order valence-corrected chi connectivity index (χ1v) is 9.56. The summed E-state index contributed by atoms with van der Waals surface area (Å²) >= 11 is 3.37. The van der Waals surface area contributed by atoms with E-state index in [1.807, 2.05) is 12.1 Å². The van der Waals surface area contributed by atoms with E-state index in [1.54, 1.807) is 6.07 Å². The van der Waals surface area contributed by atoms with E-state index in [4.69, 9.17) is 4.74 Å². The summed E-state index contributed by atoms with van der Waals surface area (Å²) in [5, 5.41) is 19.7. The number of likely N-dealkylation sites (tertiary alicyclic amines) is 1. The van der Waals surface area contributed by atoms with E-state index in [-0.39, 0.29) is 0 Å². The Morgan fingerprint density at radius 1 is 1.33 bits per heavy atom. The summed E-state index contributed by atoms with van der Waals surface area (Å²) in [5.41, 5.74) is 0.0143. The van der Waals surface area contributed by atoms with Crippen molar-refractivity contribution in [2.45, 2.75) is 45.1 Å². The number of piperidine rings is 1. The molecule has 1 N–H and O–H groups in total. The van der Waals surface area contributed by atoms with Crippen LogP contribution in [0.3, 0.4) is 0 Å². The molecule has 0 bridgehead atoms. The van der Waals surface area contributed by atoms with Crippen molar-refractivity contribution in [1.82, 2.24) is 4.90 Å². The maximum Gasteiger partial charge on any atom is 0.137 e. The Bertz CT molecular complexity index is 573. The fourth-order valence-corrected chi connectivity index (χ4v) is 3.49. The Morgan fingerprint density at radius 2 is 2.00 bits per heavy atom. The van der Waals surface area contributed by atoms with Crippen molar-refractivity contribution >= 4 is 15.9 Å². The van der Waals surface area contributed by atoms with Gasteiger partial charge in [0.1, 0.15) is 11.8 Å². The van der Waals surface area contributed by atoms with Crippen molar-refractivity contribution < 1.29 is 9.84 Å². The van der Waals surface area contributed by atoms with Crippen LogP contribution in [-0.4, -0.2) is 41.8 Å². The van der Waals surface area contributed by atoms with Gasteiger partial charge in [0.05, 0.1) is 17.8 Å². The summed E-state index contributed by atoms with van der Waals surface area (Å²) in [7, 11) is 0. The van der Waals surface area contributed by atoms with E-state index in [0.29, 0.717) is 23.8 Å². The van der Waals surface area contributed by atoms with Gasteiger partial charge in [-0.2, -0.15) is 5.26 Å². The number of β-amino-alcohol motifs (C(OH)–C–C–N with tert-alkyl or cyclic N) is 1. The monoisotopic (exact) mass is 394 g/mol. The minimum Gasteiger partial charge on any atom is -0.492 e. The molecule has 0 radical (unpaired) electrons. The molecule has 0 unspecified atom stereocenters. The van der Waals surface area contributed by atoms with Crippen molar-refractivity contribution in [2.24, 2.45) is 5.92 Å². The number of benzene rings is 1. The predicted molar refractivity (Wildman–Crippen MR) is 99.0 cm³/mol. The first-order valence-electron chi connectivity index (χ1n) is 8.77. The minimum absolute atomic E-state index is 0.507. The Morgan fingerprint density at radius 3 is 2.58 bits per heavy atom. The second-order valence-corrected chi connectivity index (χ2v) is 7.63. The van der Waals surface area contributed by atoms with Crippen LogP contribution in [0.4, 0.5) is 0 Å². The molecule has 5 heteroatoms. The van der Waals surface area contributed by atoms with Gasteiger partial charge in [0.2, 0.25) is 0 Å². The van der Waals surface area contributed by atoms with E-state index in [9.17, 15) is 10.4 Å². The fraction of sp³-hybridized carbons (Fsp3) is 0.632. The molecule has 0 aliphatic carbocycles. The van der Waals surface area contributed by atoms with Gasteiger partial charge >= 0.3 is 0 Å². The molecule has 1 aromatic carbocycles. The van der Waals surface area contributed by atoms with Gasteiger partial charge in [0.15, 0.2) is 0 Å². The molecule has 0 spiro atoms. The molecule has 132 valence electrons. The number of halogens is 1. The summed E-state index contributed by atoms with van der Waals surface area (Å²) in [6.45, 7) is 7.52. The smallest absolute Gasteiger partial charge is 0.137 e. The first-order chi connectivity index (χ1) is 11.5. The number of nitriles is 1. The van der Waals surface area contributed by atoms with Crippen LogP contribution >= 0.6 is 15.9 Å². The average Bonchev–Trinajstić information content (AvgIpc) is 2.61. The van der Waals surface area contributed by atoms with Gasteiger partial charge < -0.3 is 14.7 Å². The molecule has 1 heterocycles. The minimum atomic E-state index is -0.553. The fourth-order valence-electron chi connectivity index (χ4n) is 3.12. The molecule has 1 aliphatic rings. The van der Waals surface area contributed by atoms with E-state index in [0.717, 1.165) is 49.8 Å². The van der Waals surface area contributed by atoms with Crippen LogP contribution in [0.5, 0.6) is 5.75 Å². The van der Waals surface area contributed by atoms with Crippen molar-refractivity contribution in [3.63, 3.8) is 0 Å². The maximum atomic E-state index is 10.5. The molecule has 1 aliphatic heterocycles. The molecule has 1 saturated heterocycles. The molecular weight excluding hydrogens is 368 g/mol. The zero-order chi connectivity index (χ0) is 17.6. The molecule has 1 aromatic rings. The number of hydrogen-bond acceptors (Lipinski definition) is 4. The highest BCUT2D eigenvalue weighted by atomic mass is 79.9. The normalized spacial score (nSPS) is 16.8. The Hall–Kier alpha value is -1.09. The topological polar surface area (TPSA) is 56.5 Å². The van der Waals surface area contributed by atoms with E-state index >= 15 is 0 Å². The van der Waals surface area contributed by atoms with E-state index in [2.05, 4.69) is 40.7 Å². The third-order valence-electron chi connectivity index (χ3n) is 5.08. The van der Waals surface area contributed by atoms with E-state index in [1.165, 1.54) is 0 Å². The van der Waals surface area contributed by atoms with Gasteiger partial charge in [0.25, 0.3) is 0 Å². The van der Waals surface area contributed by atoms with Crippen molar-refractivity contribution in [3.8, 4) is 11.8 Å². The van der Waals surface area contributed by atoms with Crippen LogP contribution in [0.2, 0.25) is 0 Å². The van der Waals surface area contributed by atoms with Gasteiger partial charge in [-0.25, -0.2) is 0 Å². The number of aliphatic hydroxyl groups is 1. The number of nitrogens with zero attached hydrogens (tertiary/aromatic N) is 2. The molecule has 0 saturated carbocycles. The van der Waals surface area contributed by atoms with Gasteiger partial charge in [0, 0.05) is 11.0 Å². The van der Waals surface area contributed by atoms with Crippen LogP contribution in [0.15, 0.2) is 22.7 Å². The summed E-state index contributed by atoms with van der Waals surface area (Å²) in [5.74, 6) is 1.17. The maximum absolute atomic E-state index is 10.5. The summed E-state index contributed by atoms with van der Waals surface area (Å²) in [6, 6.07) is 7.71. The molecule has 0 amide bonds. The van der Waals surface area contributed by atoms with Gasteiger partial charge in [-0.3, -0.25) is 0 Å². The highest BCUT2D eigenvalue weighted by molar-refractivity contribution is 9.10. The lowest BCUT2D eigenvalue weighted by atomic mass is 9.93. The Kier molecular flexibility index (Phi) is 7.09. The second-order valence-electron chi connectivity index (χ2n) is 6.71.